The van der Waals surface area contributed by atoms with Gasteiger partial charge in [0.1, 0.15) is 6.04 Å². The first kappa shape index (κ1) is 17.8. The second-order valence-corrected chi connectivity index (χ2v) is 5.46. The molecule has 0 spiro atoms. The van der Waals surface area contributed by atoms with Crippen molar-refractivity contribution in [1.82, 2.24) is 15.1 Å². The summed E-state index contributed by atoms with van der Waals surface area (Å²) < 4.78 is 12.9. The third-order valence-electron chi connectivity index (χ3n) is 3.69. The smallest absolute Gasteiger partial charge is 0.244 e. The van der Waals surface area contributed by atoms with E-state index in [-0.39, 0.29) is 11.9 Å². The van der Waals surface area contributed by atoms with Crippen LogP contribution in [0.2, 0.25) is 0 Å². The number of nitrogens with zero attached hydrogens (tertiary/aromatic N) is 2. The normalized spacial score (nSPS) is 11.8. The molecule has 6 heteroatoms. The lowest BCUT2D eigenvalue weighted by molar-refractivity contribution is -0.124. The van der Waals surface area contributed by atoms with Crippen molar-refractivity contribution in [2.24, 2.45) is 0 Å². The summed E-state index contributed by atoms with van der Waals surface area (Å²) >= 11 is 0. The number of nitrogens with one attached hydrogen (secondary N) is 1. The largest absolute Gasteiger partial charge is 0.490 e. The lowest BCUT2D eigenvalue weighted by Gasteiger charge is -2.16. The van der Waals surface area contributed by atoms with Gasteiger partial charge in [0.25, 0.3) is 0 Å². The maximum atomic E-state index is 12.3. The van der Waals surface area contributed by atoms with E-state index < -0.39 is 0 Å². The minimum Gasteiger partial charge on any atom is -0.490 e. The number of aryl methyl sites for hydroxylation is 1. The summed E-state index contributed by atoms with van der Waals surface area (Å²) in [4.78, 5) is 12.3. The second kappa shape index (κ2) is 8.38. The van der Waals surface area contributed by atoms with Crippen LogP contribution in [0.15, 0.2) is 30.5 Å². The topological polar surface area (TPSA) is 65.4 Å². The minimum atomic E-state index is -0.353. The van der Waals surface area contributed by atoms with Crippen LogP contribution in [0.4, 0.5) is 0 Å². The Morgan fingerprint density at radius 1 is 1.21 bits per heavy atom. The molecular weight excluding hydrogens is 306 g/mol. The van der Waals surface area contributed by atoms with Crippen molar-refractivity contribution in [3.8, 4) is 11.5 Å². The molecular formula is C18H25N3O3. The Kier molecular flexibility index (Phi) is 6.23. The maximum absolute atomic E-state index is 12.3. The van der Waals surface area contributed by atoms with E-state index >= 15 is 0 Å². The molecule has 0 aliphatic rings. The highest BCUT2D eigenvalue weighted by Gasteiger charge is 2.16. The van der Waals surface area contributed by atoms with Crippen molar-refractivity contribution in [2.45, 2.75) is 40.3 Å². The first-order valence-electron chi connectivity index (χ1n) is 8.23. The van der Waals surface area contributed by atoms with Crippen LogP contribution in [0.3, 0.4) is 0 Å². The zero-order valence-corrected chi connectivity index (χ0v) is 14.7. The molecule has 0 aliphatic heterocycles. The van der Waals surface area contributed by atoms with E-state index in [1.165, 1.54) is 0 Å². The van der Waals surface area contributed by atoms with Gasteiger partial charge in [0.15, 0.2) is 11.5 Å². The summed E-state index contributed by atoms with van der Waals surface area (Å²) in [5.74, 6) is 1.34. The third-order valence-corrected chi connectivity index (χ3v) is 3.69. The van der Waals surface area contributed by atoms with Crippen molar-refractivity contribution in [3.63, 3.8) is 0 Å². The van der Waals surface area contributed by atoms with E-state index in [9.17, 15) is 4.79 Å². The van der Waals surface area contributed by atoms with Crippen LogP contribution >= 0.6 is 0 Å². The number of rotatable bonds is 8. The molecule has 1 aromatic heterocycles. The Bertz CT molecular complexity index is 682. The summed E-state index contributed by atoms with van der Waals surface area (Å²) in [5, 5.41) is 7.12. The van der Waals surface area contributed by atoms with Crippen LogP contribution in [-0.2, 0) is 11.3 Å². The number of aromatic nitrogens is 2. The molecule has 1 N–H and O–H groups in total. The Balaban J connectivity index is 2.02. The Hall–Kier alpha value is -2.50. The van der Waals surface area contributed by atoms with E-state index in [0.29, 0.717) is 25.5 Å². The monoisotopic (exact) mass is 331 g/mol. The lowest BCUT2D eigenvalue weighted by atomic mass is 10.2. The molecule has 1 heterocycles. The van der Waals surface area contributed by atoms with Gasteiger partial charge in [-0.3, -0.25) is 9.48 Å². The molecule has 0 bridgehead atoms. The van der Waals surface area contributed by atoms with Crippen LogP contribution in [0.25, 0.3) is 0 Å². The molecule has 2 rings (SSSR count). The van der Waals surface area contributed by atoms with Crippen molar-refractivity contribution < 1.29 is 14.3 Å². The van der Waals surface area contributed by atoms with E-state index in [1.807, 2.05) is 52.0 Å². The minimum absolute atomic E-state index is 0.0753. The summed E-state index contributed by atoms with van der Waals surface area (Å²) in [5.41, 5.74) is 1.91. The zero-order valence-electron chi connectivity index (χ0n) is 14.7. The fraction of sp³-hybridized carbons (Fsp3) is 0.444. The predicted octanol–water partition coefficient (Wildman–Crippen LogP) is 2.87. The van der Waals surface area contributed by atoms with Gasteiger partial charge in [0.05, 0.1) is 13.2 Å². The molecule has 1 atom stereocenters. The number of hydrogen-bond donors (Lipinski definition) is 1. The molecule has 1 amide bonds. The average molecular weight is 331 g/mol. The van der Waals surface area contributed by atoms with Crippen LogP contribution in [-0.4, -0.2) is 28.9 Å². The number of carbonyl (C=O) groups is 1. The molecule has 2 aromatic rings. The Morgan fingerprint density at radius 2 is 1.92 bits per heavy atom. The molecule has 0 saturated carbocycles. The van der Waals surface area contributed by atoms with E-state index in [1.54, 1.807) is 10.9 Å². The molecule has 1 aromatic carbocycles. The average Bonchev–Trinajstić information content (AvgIpc) is 3.00. The molecule has 0 saturated heterocycles. The van der Waals surface area contributed by atoms with Gasteiger partial charge < -0.3 is 14.8 Å². The molecule has 130 valence electrons. The number of ether oxygens (including phenoxy) is 2. The second-order valence-electron chi connectivity index (χ2n) is 5.46. The maximum Gasteiger partial charge on any atom is 0.244 e. The number of benzene rings is 1. The lowest BCUT2D eigenvalue weighted by Crippen LogP contribution is -2.31. The molecule has 0 radical (unpaired) electrons. The van der Waals surface area contributed by atoms with Crippen molar-refractivity contribution >= 4 is 5.91 Å². The highest BCUT2D eigenvalue weighted by Crippen LogP contribution is 2.28. The van der Waals surface area contributed by atoms with Gasteiger partial charge in [-0.05, 0) is 51.5 Å². The first-order valence-corrected chi connectivity index (χ1v) is 8.23. The summed E-state index contributed by atoms with van der Waals surface area (Å²) in [7, 11) is 0. The molecule has 6 nitrogen and oxygen atoms in total. The van der Waals surface area contributed by atoms with Gasteiger partial charge in [-0.1, -0.05) is 6.07 Å². The van der Waals surface area contributed by atoms with Crippen LogP contribution in [0.5, 0.6) is 11.5 Å². The quantitative estimate of drug-likeness (QED) is 0.808. The van der Waals surface area contributed by atoms with Gasteiger partial charge in [0, 0.05) is 18.4 Å². The summed E-state index contributed by atoms with van der Waals surface area (Å²) in [6.07, 6.45) is 1.69. The van der Waals surface area contributed by atoms with Crippen LogP contribution in [0, 0.1) is 6.92 Å². The molecule has 0 fully saturated rings. The van der Waals surface area contributed by atoms with E-state index in [0.717, 1.165) is 17.0 Å². The Labute approximate surface area is 142 Å². The van der Waals surface area contributed by atoms with Crippen LogP contribution < -0.4 is 14.8 Å². The van der Waals surface area contributed by atoms with Gasteiger partial charge in [0.2, 0.25) is 5.91 Å². The van der Waals surface area contributed by atoms with E-state index in [4.69, 9.17) is 9.47 Å². The fourth-order valence-electron chi connectivity index (χ4n) is 2.44. The van der Waals surface area contributed by atoms with Gasteiger partial charge in [-0.15, -0.1) is 0 Å². The van der Waals surface area contributed by atoms with Crippen molar-refractivity contribution in [3.05, 3.63) is 41.7 Å². The standard InChI is InChI=1S/C18H25N3O3/c1-5-23-16-8-7-15(11-17(16)24-6-2)12-19-18(22)14(4)21-13(3)9-10-20-21/h7-11,14H,5-6,12H2,1-4H3,(H,19,22). The van der Waals surface area contributed by atoms with Gasteiger partial charge >= 0.3 is 0 Å². The first-order chi connectivity index (χ1) is 11.6. The fourth-order valence-corrected chi connectivity index (χ4v) is 2.44. The van der Waals surface area contributed by atoms with Gasteiger partial charge in [-0.2, -0.15) is 5.10 Å². The summed E-state index contributed by atoms with van der Waals surface area (Å²) in [6.45, 7) is 9.19. The van der Waals surface area contributed by atoms with E-state index in [2.05, 4.69) is 10.4 Å². The number of hydrogen-bond acceptors (Lipinski definition) is 4. The SMILES string of the molecule is CCOc1ccc(CNC(=O)C(C)n2nccc2C)cc1OCC. The number of amides is 1. The number of carbonyl (C=O) groups excluding carboxylic acids is 1. The Morgan fingerprint density at radius 3 is 2.54 bits per heavy atom. The highest BCUT2D eigenvalue weighted by molar-refractivity contribution is 5.79. The highest BCUT2D eigenvalue weighted by atomic mass is 16.5. The molecule has 24 heavy (non-hydrogen) atoms. The third kappa shape index (κ3) is 4.28. The van der Waals surface area contributed by atoms with Crippen molar-refractivity contribution in [1.29, 1.82) is 0 Å². The van der Waals surface area contributed by atoms with Gasteiger partial charge in [-0.25, -0.2) is 0 Å². The zero-order chi connectivity index (χ0) is 17.5. The van der Waals surface area contributed by atoms with Crippen molar-refractivity contribution in [2.75, 3.05) is 13.2 Å². The molecule has 1 unspecified atom stereocenters. The molecule has 0 aliphatic carbocycles. The predicted molar refractivity (Wildman–Crippen MR) is 92.3 cm³/mol. The van der Waals surface area contributed by atoms with Crippen LogP contribution in [0.1, 0.15) is 38.1 Å². The summed E-state index contributed by atoms with van der Waals surface area (Å²) in [6, 6.07) is 7.23.